The number of halogens is 1. The molecule has 6 nitrogen and oxygen atoms in total. The van der Waals surface area contributed by atoms with Crippen LogP contribution < -0.4 is 10.6 Å². The number of guanidine groups is 1. The van der Waals surface area contributed by atoms with Gasteiger partial charge in [-0.15, -0.1) is 24.0 Å². The second kappa shape index (κ2) is 13.6. The van der Waals surface area contributed by atoms with Crippen molar-refractivity contribution < 1.29 is 4.74 Å². The fourth-order valence-electron chi connectivity index (χ4n) is 3.02. The van der Waals surface area contributed by atoms with Crippen LogP contribution in [0.5, 0.6) is 0 Å². The van der Waals surface area contributed by atoms with Crippen molar-refractivity contribution in [2.45, 2.75) is 39.2 Å². The maximum Gasteiger partial charge on any atom is 0.191 e. The zero-order valence-electron chi connectivity index (χ0n) is 17.3. The largest absolute Gasteiger partial charge is 0.381 e. The van der Waals surface area contributed by atoms with Gasteiger partial charge in [-0.2, -0.15) is 0 Å². The van der Waals surface area contributed by atoms with E-state index in [2.05, 4.69) is 56.4 Å². The molecule has 1 aromatic heterocycles. The molecule has 0 bridgehead atoms. The summed E-state index contributed by atoms with van der Waals surface area (Å²) in [6.07, 6.45) is 8.43. The van der Waals surface area contributed by atoms with Gasteiger partial charge in [-0.25, -0.2) is 4.98 Å². The number of ether oxygens (including phenoxy) is 1. The Bertz CT molecular complexity index is 715. The number of benzene rings is 1. The van der Waals surface area contributed by atoms with Gasteiger partial charge in [-0.1, -0.05) is 30.3 Å². The predicted octanol–water partition coefficient (Wildman–Crippen LogP) is 3.46. The van der Waals surface area contributed by atoms with Gasteiger partial charge in [-0.05, 0) is 37.7 Å². The molecule has 7 heteroatoms. The van der Waals surface area contributed by atoms with Crippen molar-refractivity contribution in [2.75, 3.05) is 32.8 Å². The molecule has 0 spiro atoms. The highest BCUT2D eigenvalue weighted by Gasteiger charge is 2.20. The summed E-state index contributed by atoms with van der Waals surface area (Å²) in [6.45, 7) is 7.10. The third-order valence-electron chi connectivity index (χ3n) is 4.75. The molecule has 1 heterocycles. The van der Waals surface area contributed by atoms with Crippen molar-refractivity contribution >= 4 is 29.9 Å². The minimum absolute atomic E-state index is 0. The fraction of sp³-hybridized carbons (Fsp3) is 0.545. The quantitative estimate of drug-likeness (QED) is 0.198. The Kier molecular flexibility index (Phi) is 11.1. The molecular weight excluding hydrogens is 477 g/mol. The first-order chi connectivity index (χ1) is 13.8. The van der Waals surface area contributed by atoms with Gasteiger partial charge in [0, 0.05) is 58.2 Å². The summed E-state index contributed by atoms with van der Waals surface area (Å²) < 4.78 is 7.88. The third kappa shape index (κ3) is 9.16. The van der Waals surface area contributed by atoms with E-state index in [4.69, 9.17) is 4.74 Å². The Morgan fingerprint density at radius 1 is 1.24 bits per heavy atom. The molecule has 0 unspecified atom stereocenters. The lowest BCUT2D eigenvalue weighted by molar-refractivity contribution is 0.123. The van der Waals surface area contributed by atoms with Crippen LogP contribution >= 0.6 is 24.0 Å². The van der Waals surface area contributed by atoms with Crippen LogP contribution in [0.3, 0.4) is 0 Å². The highest BCUT2D eigenvalue weighted by atomic mass is 127. The highest BCUT2D eigenvalue weighted by Crippen LogP contribution is 2.28. The topological polar surface area (TPSA) is 63.5 Å². The molecule has 3 rings (SSSR count). The van der Waals surface area contributed by atoms with E-state index in [1.54, 1.807) is 0 Å². The van der Waals surface area contributed by atoms with Crippen LogP contribution in [-0.4, -0.2) is 48.4 Å². The van der Waals surface area contributed by atoms with E-state index in [1.807, 2.05) is 18.5 Å². The van der Waals surface area contributed by atoms with Crippen molar-refractivity contribution in [3.05, 3.63) is 54.1 Å². The minimum Gasteiger partial charge on any atom is -0.381 e. The van der Waals surface area contributed by atoms with E-state index in [-0.39, 0.29) is 24.0 Å². The zero-order chi connectivity index (χ0) is 19.4. The summed E-state index contributed by atoms with van der Waals surface area (Å²) in [5.74, 6) is 2.78. The van der Waals surface area contributed by atoms with Gasteiger partial charge in [0.05, 0.1) is 0 Å². The van der Waals surface area contributed by atoms with E-state index >= 15 is 0 Å². The van der Waals surface area contributed by atoms with Gasteiger partial charge in [0.25, 0.3) is 0 Å². The Balaban J connectivity index is 0.00000300. The highest BCUT2D eigenvalue weighted by molar-refractivity contribution is 14.0. The Labute approximate surface area is 191 Å². The molecule has 29 heavy (non-hydrogen) atoms. The number of hydrogen-bond donors (Lipinski definition) is 2. The minimum atomic E-state index is 0. The molecule has 0 amide bonds. The van der Waals surface area contributed by atoms with Gasteiger partial charge >= 0.3 is 0 Å². The predicted molar refractivity (Wildman–Crippen MR) is 129 cm³/mol. The fourth-order valence-corrected chi connectivity index (χ4v) is 3.02. The van der Waals surface area contributed by atoms with Crippen LogP contribution in [0.25, 0.3) is 0 Å². The van der Waals surface area contributed by atoms with E-state index in [9.17, 15) is 0 Å². The molecule has 160 valence electrons. The lowest BCUT2D eigenvalue weighted by atomic mass is 10.2. The van der Waals surface area contributed by atoms with Gasteiger partial charge < -0.3 is 19.9 Å². The monoisotopic (exact) mass is 511 g/mol. The summed E-state index contributed by atoms with van der Waals surface area (Å²) >= 11 is 0. The molecule has 1 saturated carbocycles. The maximum atomic E-state index is 5.67. The van der Waals surface area contributed by atoms with Crippen LogP contribution in [0.1, 0.15) is 37.6 Å². The van der Waals surface area contributed by atoms with Crippen LogP contribution in [-0.2, 0) is 17.7 Å². The van der Waals surface area contributed by atoms with Crippen molar-refractivity contribution in [1.29, 1.82) is 0 Å². The third-order valence-corrected chi connectivity index (χ3v) is 4.75. The summed E-state index contributed by atoms with van der Waals surface area (Å²) in [6, 6.07) is 10.5. The maximum absolute atomic E-state index is 5.67. The van der Waals surface area contributed by atoms with Crippen molar-refractivity contribution in [3.8, 4) is 0 Å². The van der Waals surface area contributed by atoms with Crippen LogP contribution in [0.2, 0.25) is 0 Å². The van der Waals surface area contributed by atoms with Gasteiger partial charge in [-0.3, -0.25) is 4.99 Å². The van der Waals surface area contributed by atoms with Gasteiger partial charge in [0.15, 0.2) is 5.96 Å². The van der Waals surface area contributed by atoms with E-state index in [0.29, 0.717) is 0 Å². The standard InChI is InChI=1S/C22H33N5O.HI/c1-2-23-22(25-12-6-16-28-18-20-9-10-20)26-13-11-21-24-14-15-27(21)17-19-7-4-3-5-8-19;/h3-5,7-8,14-15,20H,2,6,9-13,16-18H2,1H3,(H2,23,25,26);1H. The second-order valence-electron chi connectivity index (χ2n) is 7.27. The number of hydrogen-bond acceptors (Lipinski definition) is 3. The number of nitrogens with zero attached hydrogens (tertiary/aromatic N) is 3. The van der Waals surface area contributed by atoms with E-state index in [1.165, 1.54) is 18.4 Å². The lowest BCUT2D eigenvalue weighted by Crippen LogP contribution is -2.38. The SMILES string of the molecule is CCNC(=NCCCOCC1CC1)NCCc1nccn1Cc1ccccc1.I. The molecular formula is C22H34IN5O. The molecule has 0 atom stereocenters. The van der Waals surface area contributed by atoms with Crippen molar-refractivity contribution in [2.24, 2.45) is 10.9 Å². The Hall–Kier alpha value is -1.61. The molecule has 1 fully saturated rings. The molecule has 0 aliphatic heterocycles. The molecule has 1 aromatic carbocycles. The summed E-state index contributed by atoms with van der Waals surface area (Å²) in [5, 5.41) is 6.72. The molecule has 0 saturated heterocycles. The Morgan fingerprint density at radius 2 is 2.07 bits per heavy atom. The van der Waals surface area contributed by atoms with E-state index < -0.39 is 0 Å². The zero-order valence-corrected chi connectivity index (χ0v) is 19.7. The summed E-state index contributed by atoms with van der Waals surface area (Å²) in [4.78, 5) is 9.16. The van der Waals surface area contributed by atoms with Crippen LogP contribution in [0.15, 0.2) is 47.7 Å². The number of aliphatic imine (C=N–C) groups is 1. The summed E-state index contributed by atoms with van der Waals surface area (Å²) in [5.41, 5.74) is 1.29. The smallest absolute Gasteiger partial charge is 0.191 e. The van der Waals surface area contributed by atoms with Crippen LogP contribution in [0.4, 0.5) is 0 Å². The van der Waals surface area contributed by atoms with Gasteiger partial charge in [0.2, 0.25) is 0 Å². The normalized spacial score (nSPS) is 13.8. The molecule has 2 aromatic rings. The van der Waals surface area contributed by atoms with E-state index in [0.717, 1.165) is 69.9 Å². The molecule has 0 radical (unpaired) electrons. The van der Waals surface area contributed by atoms with Crippen LogP contribution in [0, 0.1) is 5.92 Å². The number of rotatable bonds is 12. The average Bonchev–Trinajstić information content (AvgIpc) is 3.44. The molecule has 1 aliphatic rings. The Morgan fingerprint density at radius 3 is 2.83 bits per heavy atom. The number of aromatic nitrogens is 2. The van der Waals surface area contributed by atoms with Crippen molar-refractivity contribution in [1.82, 2.24) is 20.2 Å². The first kappa shape index (κ1) is 23.7. The first-order valence-corrected chi connectivity index (χ1v) is 10.5. The number of imidazole rings is 1. The molecule has 1 aliphatic carbocycles. The van der Waals surface area contributed by atoms with Crippen molar-refractivity contribution in [3.63, 3.8) is 0 Å². The number of nitrogens with one attached hydrogen (secondary N) is 2. The second-order valence-corrected chi connectivity index (χ2v) is 7.27. The summed E-state index contributed by atoms with van der Waals surface area (Å²) in [7, 11) is 0. The average molecular weight is 511 g/mol. The van der Waals surface area contributed by atoms with Gasteiger partial charge in [0.1, 0.15) is 5.82 Å². The first-order valence-electron chi connectivity index (χ1n) is 10.5. The lowest BCUT2D eigenvalue weighted by Gasteiger charge is -2.12. The molecule has 2 N–H and O–H groups in total.